The molecule has 1 heterocycles. The Balaban J connectivity index is 2.19. The summed E-state index contributed by atoms with van der Waals surface area (Å²) < 4.78 is 2.06. The molecule has 0 aliphatic heterocycles. The number of carboxylic acids is 1. The first kappa shape index (κ1) is 10.3. The van der Waals surface area contributed by atoms with Gasteiger partial charge in [-0.3, -0.25) is 4.79 Å². The fourth-order valence-corrected chi connectivity index (χ4v) is 2.38. The van der Waals surface area contributed by atoms with Crippen molar-refractivity contribution in [1.82, 2.24) is 9.55 Å². The Hall–Kier alpha value is -1.84. The van der Waals surface area contributed by atoms with Gasteiger partial charge in [0.2, 0.25) is 0 Å². The number of rotatable bonds is 3. The van der Waals surface area contributed by atoms with E-state index in [1.807, 2.05) is 25.2 Å². The van der Waals surface area contributed by atoms with E-state index in [4.69, 9.17) is 5.11 Å². The maximum absolute atomic E-state index is 10.8. The van der Waals surface area contributed by atoms with Gasteiger partial charge >= 0.3 is 5.97 Å². The Morgan fingerprint density at radius 1 is 1.53 bits per heavy atom. The Bertz CT molecular complexity index is 597. The fraction of sp³-hybridized carbons (Fsp3) is 0.385. The van der Waals surface area contributed by atoms with Gasteiger partial charge in [-0.15, -0.1) is 0 Å². The molecule has 2 aromatic rings. The number of para-hydroxylation sites is 1. The van der Waals surface area contributed by atoms with E-state index in [1.54, 1.807) is 0 Å². The lowest BCUT2D eigenvalue weighted by Crippen LogP contribution is -2.03. The lowest BCUT2D eigenvalue weighted by atomic mass is 10.1. The lowest BCUT2D eigenvalue weighted by molar-refractivity contribution is -0.136. The number of hydrogen-bond acceptors (Lipinski definition) is 2. The van der Waals surface area contributed by atoms with Crippen LogP contribution in [0, 0.1) is 0 Å². The summed E-state index contributed by atoms with van der Waals surface area (Å²) in [5, 5.41) is 8.92. The van der Waals surface area contributed by atoms with Crippen molar-refractivity contribution in [1.29, 1.82) is 0 Å². The van der Waals surface area contributed by atoms with Crippen LogP contribution >= 0.6 is 0 Å². The molecule has 1 saturated carbocycles. The minimum Gasteiger partial charge on any atom is -0.481 e. The van der Waals surface area contributed by atoms with Crippen molar-refractivity contribution in [2.24, 2.45) is 7.05 Å². The molecule has 0 spiro atoms. The SMILES string of the molecule is Cn1c(C2CC2)nc2cccc(CC(=O)O)c21. The molecule has 4 heteroatoms. The number of carboxylic acid groups (broad SMARTS) is 1. The summed E-state index contributed by atoms with van der Waals surface area (Å²) in [7, 11) is 1.98. The number of aryl methyl sites for hydroxylation is 1. The third-order valence-corrected chi connectivity index (χ3v) is 3.30. The molecule has 0 bridgehead atoms. The molecule has 1 aromatic heterocycles. The number of fused-ring (bicyclic) bond motifs is 1. The van der Waals surface area contributed by atoms with Crippen molar-refractivity contribution >= 4 is 17.0 Å². The van der Waals surface area contributed by atoms with Gasteiger partial charge in [-0.1, -0.05) is 12.1 Å². The normalized spacial score (nSPS) is 15.4. The molecule has 17 heavy (non-hydrogen) atoms. The van der Waals surface area contributed by atoms with Gasteiger partial charge in [0.25, 0.3) is 0 Å². The van der Waals surface area contributed by atoms with Gasteiger partial charge in [0.05, 0.1) is 17.5 Å². The van der Waals surface area contributed by atoms with Crippen molar-refractivity contribution < 1.29 is 9.90 Å². The largest absolute Gasteiger partial charge is 0.481 e. The summed E-state index contributed by atoms with van der Waals surface area (Å²) in [5.74, 6) is 0.870. The smallest absolute Gasteiger partial charge is 0.307 e. The van der Waals surface area contributed by atoms with E-state index in [-0.39, 0.29) is 6.42 Å². The van der Waals surface area contributed by atoms with Crippen LogP contribution in [-0.4, -0.2) is 20.6 Å². The van der Waals surface area contributed by atoms with Crippen LogP contribution in [0.3, 0.4) is 0 Å². The number of benzene rings is 1. The molecule has 1 aliphatic rings. The van der Waals surface area contributed by atoms with Crippen molar-refractivity contribution in [2.75, 3.05) is 0 Å². The zero-order chi connectivity index (χ0) is 12.0. The van der Waals surface area contributed by atoms with Crippen molar-refractivity contribution in [3.8, 4) is 0 Å². The lowest BCUT2D eigenvalue weighted by Gasteiger charge is -2.04. The average molecular weight is 230 g/mol. The summed E-state index contributed by atoms with van der Waals surface area (Å²) in [5.41, 5.74) is 2.72. The Kier molecular flexibility index (Phi) is 2.18. The van der Waals surface area contributed by atoms with Crippen LogP contribution in [0.25, 0.3) is 11.0 Å². The standard InChI is InChI=1S/C13H14N2O2/c1-15-12-9(7-11(16)17)3-2-4-10(12)14-13(15)8-5-6-8/h2-4,8H,5-7H2,1H3,(H,16,17). The van der Waals surface area contributed by atoms with E-state index < -0.39 is 5.97 Å². The topological polar surface area (TPSA) is 55.1 Å². The van der Waals surface area contributed by atoms with Crippen LogP contribution in [0.2, 0.25) is 0 Å². The van der Waals surface area contributed by atoms with Gasteiger partial charge in [-0.05, 0) is 24.5 Å². The van der Waals surface area contributed by atoms with Gasteiger partial charge in [0.15, 0.2) is 0 Å². The Morgan fingerprint density at radius 2 is 2.29 bits per heavy atom. The molecule has 1 aliphatic carbocycles. The molecule has 1 fully saturated rings. The van der Waals surface area contributed by atoms with E-state index in [1.165, 1.54) is 12.8 Å². The second-order valence-electron chi connectivity index (χ2n) is 4.66. The van der Waals surface area contributed by atoms with Crippen LogP contribution in [-0.2, 0) is 18.3 Å². The molecule has 0 atom stereocenters. The maximum Gasteiger partial charge on any atom is 0.307 e. The molecule has 0 unspecified atom stereocenters. The minimum absolute atomic E-state index is 0.0565. The van der Waals surface area contributed by atoms with Crippen molar-refractivity contribution in [2.45, 2.75) is 25.2 Å². The van der Waals surface area contributed by atoms with Crippen LogP contribution in [0.4, 0.5) is 0 Å². The first-order valence-corrected chi connectivity index (χ1v) is 5.83. The predicted molar refractivity (Wildman–Crippen MR) is 64.0 cm³/mol. The molecule has 4 nitrogen and oxygen atoms in total. The zero-order valence-electron chi connectivity index (χ0n) is 9.68. The highest BCUT2D eigenvalue weighted by Gasteiger charge is 2.29. The third-order valence-electron chi connectivity index (χ3n) is 3.30. The van der Waals surface area contributed by atoms with Crippen LogP contribution in [0.15, 0.2) is 18.2 Å². The molecule has 0 saturated heterocycles. The highest BCUT2D eigenvalue weighted by molar-refractivity contribution is 5.84. The second kappa shape index (κ2) is 3.58. The molecule has 0 radical (unpaired) electrons. The summed E-state index contributed by atoms with van der Waals surface area (Å²) in [4.78, 5) is 15.5. The van der Waals surface area contributed by atoms with E-state index in [2.05, 4.69) is 9.55 Å². The van der Waals surface area contributed by atoms with Gasteiger partial charge in [-0.2, -0.15) is 0 Å². The molecular weight excluding hydrogens is 216 g/mol. The van der Waals surface area contributed by atoms with Gasteiger partial charge in [0.1, 0.15) is 5.82 Å². The molecule has 88 valence electrons. The zero-order valence-corrected chi connectivity index (χ0v) is 9.68. The number of imidazole rings is 1. The fourth-order valence-electron chi connectivity index (χ4n) is 2.38. The van der Waals surface area contributed by atoms with Crippen LogP contribution in [0.5, 0.6) is 0 Å². The number of carbonyl (C=O) groups is 1. The molecule has 0 amide bonds. The number of aromatic nitrogens is 2. The number of nitrogens with zero attached hydrogens (tertiary/aromatic N) is 2. The summed E-state index contributed by atoms with van der Waals surface area (Å²) in [6.45, 7) is 0. The third kappa shape index (κ3) is 1.69. The molecule has 3 rings (SSSR count). The van der Waals surface area contributed by atoms with Crippen LogP contribution < -0.4 is 0 Å². The predicted octanol–water partition coefficient (Wildman–Crippen LogP) is 2.08. The minimum atomic E-state index is -0.799. The second-order valence-corrected chi connectivity index (χ2v) is 4.66. The Morgan fingerprint density at radius 3 is 2.94 bits per heavy atom. The van der Waals surface area contributed by atoms with E-state index >= 15 is 0 Å². The average Bonchev–Trinajstić information content (AvgIpc) is 3.04. The summed E-state index contributed by atoms with van der Waals surface area (Å²) >= 11 is 0. The quantitative estimate of drug-likeness (QED) is 0.878. The summed E-state index contributed by atoms with van der Waals surface area (Å²) in [6, 6.07) is 5.70. The number of hydrogen-bond donors (Lipinski definition) is 1. The monoisotopic (exact) mass is 230 g/mol. The van der Waals surface area contributed by atoms with E-state index in [9.17, 15) is 4.79 Å². The Labute approximate surface area is 98.9 Å². The van der Waals surface area contributed by atoms with Gasteiger partial charge in [0, 0.05) is 13.0 Å². The van der Waals surface area contributed by atoms with E-state index in [0.717, 1.165) is 22.4 Å². The molecular formula is C13H14N2O2. The summed E-state index contributed by atoms with van der Waals surface area (Å²) in [6.07, 6.45) is 2.46. The van der Waals surface area contributed by atoms with Crippen molar-refractivity contribution in [3.05, 3.63) is 29.6 Å². The first-order valence-electron chi connectivity index (χ1n) is 5.83. The number of aliphatic carboxylic acids is 1. The highest BCUT2D eigenvalue weighted by atomic mass is 16.4. The van der Waals surface area contributed by atoms with E-state index in [0.29, 0.717) is 5.92 Å². The van der Waals surface area contributed by atoms with Gasteiger partial charge < -0.3 is 9.67 Å². The maximum atomic E-state index is 10.8. The van der Waals surface area contributed by atoms with Crippen LogP contribution in [0.1, 0.15) is 30.1 Å². The first-order chi connectivity index (χ1) is 8.16. The highest BCUT2D eigenvalue weighted by Crippen LogP contribution is 2.40. The van der Waals surface area contributed by atoms with Crippen molar-refractivity contribution in [3.63, 3.8) is 0 Å². The molecule has 1 aromatic carbocycles. The molecule has 1 N–H and O–H groups in total. The van der Waals surface area contributed by atoms with Gasteiger partial charge in [-0.25, -0.2) is 4.98 Å².